The molecule has 1 amide bonds. The van der Waals surface area contributed by atoms with Gasteiger partial charge in [0, 0.05) is 21.3 Å². The van der Waals surface area contributed by atoms with E-state index in [2.05, 4.69) is 15.6 Å². The fraction of sp³-hybridized carbons (Fsp3) is 0.0370. The second-order valence-electron chi connectivity index (χ2n) is 7.93. The number of ether oxygens (including phenoxy) is 1. The average molecular weight is 549 g/mol. The van der Waals surface area contributed by atoms with Crippen molar-refractivity contribution in [3.63, 3.8) is 0 Å². The molecule has 37 heavy (non-hydrogen) atoms. The molecule has 0 spiro atoms. The van der Waals surface area contributed by atoms with E-state index >= 15 is 0 Å². The molecule has 0 fully saturated rings. The Hall–Kier alpha value is -3.98. The van der Waals surface area contributed by atoms with E-state index in [9.17, 15) is 9.59 Å². The van der Waals surface area contributed by atoms with E-state index in [0.29, 0.717) is 32.8 Å². The Bertz CT molecular complexity index is 1630. The molecular formula is C27H18Cl2N4O3S. The number of fused-ring (bicyclic) bond motifs is 1. The summed E-state index contributed by atoms with van der Waals surface area (Å²) < 4.78 is 8.09. The topological polar surface area (TPSA) is 85.6 Å². The number of hydrogen-bond acceptors (Lipinski definition) is 6. The number of hydrazone groups is 1. The summed E-state index contributed by atoms with van der Waals surface area (Å²) in [6.45, 7) is 0.506. The van der Waals surface area contributed by atoms with Gasteiger partial charge in [0.25, 0.3) is 5.91 Å². The van der Waals surface area contributed by atoms with E-state index in [1.807, 2.05) is 36.4 Å². The highest BCUT2D eigenvalue weighted by molar-refractivity contribution is 7.21. The highest BCUT2D eigenvalue weighted by Crippen LogP contribution is 2.35. The monoisotopic (exact) mass is 548 g/mol. The summed E-state index contributed by atoms with van der Waals surface area (Å²) in [4.78, 5) is 25.5. The van der Waals surface area contributed by atoms with E-state index in [0.717, 1.165) is 15.6 Å². The average Bonchev–Trinajstić information content (AvgIpc) is 3.50. The quantitative estimate of drug-likeness (QED) is 0.110. The van der Waals surface area contributed by atoms with Crippen LogP contribution in [0.2, 0.25) is 10.0 Å². The minimum absolute atomic E-state index is 0.231. The molecule has 0 aliphatic heterocycles. The normalized spacial score (nSPS) is 11.2. The van der Waals surface area contributed by atoms with Crippen molar-refractivity contribution in [2.45, 2.75) is 6.54 Å². The first-order valence-electron chi connectivity index (χ1n) is 11.1. The van der Waals surface area contributed by atoms with Crippen LogP contribution in [0.1, 0.15) is 31.3 Å². The molecule has 2 aromatic heterocycles. The summed E-state index contributed by atoms with van der Waals surface area (Å²) in [5, 5.41) is 10.1. The number of rotatable bonds is 7. The molecule has 1 N–H and O–H groups in total. The van der Waals surface area contributed by atoms with Crippen LogP contribution in [-0.4, -0.2) is 27.9 Å². The van der Waals surface area contributed by atoms with Crippen LogP contribution < -0.4 is 10.2 Å². The molecule has 0 atom stereocenters. The molecule has 5 rings (SSSR count). The van der Waals surface area contributed by atoms with E-state index < -0.39 is 11.9 Å². The fourth-order valence-corrected chi connectivity index (χ4v) is 5.04. The zero-order valence-electron chi connectivity index (χ0n) is 19.1. The zero-order chi connectivity index (χ0) is 25.8. The van der Waals surface area contributed by atoms with Crippen molar-refractivity contribution >= 4 is 62.7 Å². The number of esters is 1. The van der Waals surface area contributed by atoms with Gasteiger partial charge in [-0.25, -0.2) is 10.2 Å². The zero-order valence-corrected chi connectivity index (χ0v) is 21.4. The predicted molar refractivity (Wildman–Crippen MR) is 146 cm³/mol. The first-order chi connectivity index (χ1) is 18.0. The van der Waals surface area contributed by atoms with E-state index in [-0.39, 0.29) is 5.69 Å². The highest BCUT2D eigenvalue weighted by Gasteiger charge is 2.19. The fourth-order valence-electron chi connectivity index (χ4n) is 3.53. The number of carbonyl (C=O) groups is 2. The molecule has 0 bridgehead atoms. The Labute approximate surface area is 225 Å². The summed E-state index contributed by atoms with van der Waals surface area (Å²) in [7, 11) is 0. The minimum Gasteiger partial charge on any atom is -0.422 e. The molecule has 10 heteroatoms. The summed E-state index contributed by atoms with van der Waals surface area (Å²) in [5.74, 6) is -0.661. The smallest absolute Gasteiger partial charge is 0.355 e. The molecule has 0 saturated heterocycles. The van der Waals surface area contributed by atoms with Crippen molar-refractivity contribution in [1.82, 2.24) is 15.2 Å². The molecule has 7 nitrogen and oxygen atoms in total. The lowest BCUT2D eigenvalue weighted by Crippen LogP contribution is -2.18. The maximum Gasteiger partial charge on any atom is 0.355 e. The van der Waals surface area contributed by atoms with Gasteiger partial charge in [-0.2, -0.15) is 10.2 Å². The van der Waals surface area contributed by atoms with Crippen molar-refractivity contribution in [1.29, 1.82) is 0 Å². The number of nitrogens with one attached hydrogen (secondary N) is 1. The lowest BCUT2D eigenvalue weighted by atomic mass is 10.2. The van der Waals surface area contributed by atoms with Crippen molar-refractivity contribution in [2.75, 3.05) is 0 Å². The molecule has 5 aromatic rings. The molecule has 184 valence electrons. The van der Waals surface area contributed by atoms with Crippen molar-refractivity contribution in [3.8, 4) is 5.75 Å². The number of hydrogen-bond donors (Lipinski definition) is 1. The number of aromatic nitrogens is 2. The Morgan fingerprint density at radius 1 is 1.03 bits per heavy atom. The maximum atomic E-state index is 12.7. The predicted octanol–water partition coefficient (Wildman–Crippen LogP) is 6.44. The molecule has 3 aromatic carbocycles. The molecule has 0 aliphatic carbocycles. The summed E-state index contributed by atoms with van der Waals surface area (Å²) in [6.07, 6.45) is 3.17. The Morgan fingerprint density at radius 2 is 1.84 bits per heavy atom. The molecular weight excluding hydrogens is 531 g/mol. The molecule has 0 saturated carbocycles. The largest absolute Gasteiger partial charge is 0.422 e. The van der Waals surface area contributed by atoms with Crippen molar-refractivity contribution < 1.29 is 14.3 Å². The number of carbonyl (C=O) groups excluding carboxylic acids is 2. The van der Waals surface area contributed by atoms with Crippen molar-refractivity contribution in [3.05, 3.63) is 117 Å². The number of benzene rings is 3. The minimum atomic E-state index is -0.539. The lowest BCUT2D eigenvalue weighted by Gasteiger charge is -2.04. The molecule has 0 radical (unpaired) electrons. The summed E-state index contributed by atoms with van der Waals surface area (Å²) >= 11 is 13.6. The SMILES string of the molecule is O=C(N/N=C\c1cccc(OC(=O)c2sc3ccccc3c2Cl)c1)c1ccn(Cc2ccc(Cl)cc2)n1. The summed E-state index contributed by atoms with van der Waals surface area (Å²) in [5.41, 5.74) is 4.32. The van der Waals surface area contributed by atoms with Gasteiger partial charge in [0.05, 0.1) is 17.8 Å². The number of amides is 1. The van der Waals surface area contributed by atoms with Gasteiger partial charge >= 0.3 is 5.97 Å². The van der Waals surface area contributed by atoms with Crippen molar-refractivity contribution in [2.24, 2.45) is 5.10 Å². The number of halogens is 2. The molecule has 2 heterocycles. The van der Waals surface area contributed by atoms with Gasteiger partial charge in [0.15, 0.2) is 5.69 Å². The second kappa shape index (κ2) is 11.0. The highest BCUT2D eigenvalue weighted by atomic mass is 35.5. The number of thiophene rings is 1. The van der Waals surface area contributed by atoms with Gasteiger partial charge in [0.1, 0.15) is 10.6 Å². The van der Waals surface area contributed by atoms with Crippen LogP contribution in [0.4, 0.5) is 0 Å². The van der Waals surface area contributed by atoms with Crippen LogP contribution >= 0.6 is 34.5 Å². The van der Waals surface area contributed by atoms with Gasteiger partial charge in [-0.3, -0.25) is 9.48 Å². The van der Waals surface area contributed by atoms with Crippen LogP contribution in [-0.2, 0) is 6.54 Å². The van der Waals surface area contributed by atoms with Crippen LogP contribution in [0.3, 0.4) is 0 Å². The van der Waals surface area contributed by atoms with E-state index in [1.54, 1.807) is 53.3 Å². The maximum absolute atomic E-state index is 12.7. The van der Waals surface area contributed by atoms with Crippen LogP contribution in [0.5, 0.6) is 5.75 Å². The van der Waals surface area contributed by atoms with Gasteiger partial charge in [0.2, 0.25) is 0 Å². The molecule has 0 aliphatic rings. The number of nitrogens with zero attached hydrogens (tertiary/aromatic N) is 3. The Kier molecular flexibility index (Phi) is 7.32. The third-order valence-electron chi connectivity index (χ3n) is 5.30. The third-order valence-corrected chi connectivity index (χ3v) is 7.21. The second-order valence-corrected chi connectivity index (χ2v) is 9.79. The third kappa shape index (κ3) is 5.89. The lowest BCUT2D eigenvalue weighted by molar-refractivity contribution is 0.0740. The first kappa shape index (κ1) is 24.7. The van der Waals surface area contributed by atoms with Crippen LogP contribution in [0.25, 0.3) is 10.1 Å². The van der Waals surface area contributed by atoms with E-state index in [4.69, 9.17) is 27.9 Å². The summed E-state index contributed by atoms with van der Waals surface area (Å²) in [6, 6.07) is 23.3. The Morgan fingerprint density at radius 3 is 2.65 bits per heavy atom. The van der Waals surface area contributed by atoms with Crippen LogP contribution in [0.15, 0.2) is 90.2 Å². The van der Waals surface area contributed by atoms with Gasteiger partial charge in [-0.1, -0.05) is 65.7 Å². The van der Waals surface area contributed by atoms with Gasteiger partial charge in [-0.05, 0) is 47.5 Å². The van der Waals surface area contributed by atoms with Crippen LogP contribution in [0, 0.1) is 0 Å². The standard InChI is InChI=1S/C27H18Cl2N4O3S/c28-19-10-8-17(9-11-19)16-33-13-12-22(32-33)26(34)31-30-15-18-4-3-5-20(14-18)36-27(35)25-24(29)21-6-1-2-7-23(21)37-25/h1-15H,16H2,(H,31,34)/b30-15-. The molecule has 0 unspecified atom stereocenters. The van der Waals surface area contributed by atoms with Gasteiger partial charge in [-0.15, -0.1) is 11.3 Å². The Balaban J connectivity index is 1.19. The first-order valence-corrected chi connectivity index (χ1v) is 12.6. The van der Waals surface area contributed by atoms with E-state index in [1.165, 1.54) is 17.6 Å². The van der Waals surface area contributed by atoms with Gasteiger partial charge < -0.3 is 4.74 Å².